The Labute approximate surface area is 166 Å². The average molecular weight is 388 g/mol. The molecular weight excluding hydrogens is 372 g/mol. The van der Waals surface area contributed by atoms with Crippen LogP contribution < -0.4 is 10.2 Å². The Kier molecular flexibility index (Phi) is 4.87. The van der Waals surface area contributed by atoms with E-state index >= 15 is 0 Å². The number of nitrogens with zero attached hydrogens (tertiary/aromatic N) is 3. The van der Waals surface area contributed by atoms with Gasteiger partial charge in [-0.25, -0.2) is 4.98 Å². The van der Waals surface area contributed by atoms with Crippen LogP contribution in [0, 0.1) is 11.3 Å². The first-order valence-electron chi connectivity index (χ1n) is 8.82. The van der Waals surface area contributed by atoms with Crippen molar-refractivity contribution in [3.8, 4) is 17.3 Å². The van der Waals surface area contributed by atoms with Gasteiger partial charge in [0.05, 0.1) is 17.3 Å². The van der Waals surface area contributed by atoms with Crippen molar-refractivity contribution >= 4 is 34.0 Å². The standard InChI is InChI=1S/C21H16N4O2S/c22-12-14-3-1-4-16(11-14)20(27)24-21-23-18(13-28-21)15-6-8-17(9-7-15)25-10-2-5-19(25)26/h1,3-4,6-9,11,13H,2,5,10H2,(H,23,24,27). The Morgan fingerprint density at radius 1 is 1.21 bits per heavy atom. The van der Waals surface area contributed by atoms with E-state index in [0.717, 1.165) is 29.9 Å². The molecule has 28 heavy (non-hydrogen) atoms. The van der Waals surface area contributed by atoms with E-state index in [2.05, 4.69) is 10.3 Å². The lowest BCUT2D eigenvalue weighted by atomic mass is 10.1. The SMILES string of the molecule is N#Cc1cccc(C(=O)Nc2nc(-c3ccc(N4CCCC4=O)cc3)cs2)c1. The lowest BCUT2D eigenvalue weighted by Crippen LogP contribution is -2.23. The molecule has 2 amide bonds. The van der Waals surface area contributed by atoms with Gasteiger partial charge in [-0.1, -0.05) is 18.2 Å². The third kappa shape index (κ3) is 3.63. The predicted molar refractivity (Wildman–Crippen MR) is 108 cm³/mol. The molecule has 2 aromatic carbocycles. The molecule has 1 fully saturated rings. The number of carbonyl (C=O) groups is 2. The van der Waals surface area contributed by atoms with Crippen molar-refractivity contribution in [2.24, 2.45) is 0 Å². The largest absolute Gasteiger partial charge is 0.312 e. The fourth-order valence-corrected chi connectivity index (χ4v) is 3.81. The highest BCUT2D eigenvalue weighted by molar-refractivity contribution is 7.14. The number of nitriles is 1. The van der Waals surface area contributed by atoms with Crippen LogP contribution in [-0.4, -0.2) is 23.3 Å². The van der Waals surface area contributed by atoms with E-state index in [1.165, 1.54) is 11.3 Å². The van der Waals surface area contributed by atoms with E-state index in [-0.39, 0.29) is 11.8 Å². The minimum Gasteiger partial charge on any atom is -0.312 e. The summed E-state index contributed by atoms with van der Waals surface area (Å²) in [6.45, 7) is 0.762. The Morgan fingerprint density at radius 3 is 2.75 bits per heavy atom. The van der Waals surface area contributed by atoms with E-state index in [1.54, 1.807) is 29.2 Å². The van der Waals surface area contributed by atoms with Crippen LogP contribution in [0.25, 0.3) is 11.3 Å². The average Bonchev–Trinajstić information content (AvgIpc) is 3.37. The number of amides is 2. The Hall–Kier alpha value is -3.50. The fraction of sp³-hybridized carbons (Fsp3) is 0.143. The van der Waals surface area contributed by atoms with Crippen LogP contribution in [-0.2, 0) is 4.79 Å². The topological polar surface area (TPSA) is 86.1 Å². The number of benzene rings is 2. The monoisotopic (exact) mass is 388 g/mol. The molecule has 0 aliphatic carbocycles. The van der Waals surface area contributed by atoms with Crippen LogP contribution >= 0.6 is 11.3 Å². The highest BCUT2D eigenvalue weighted by Crippen LogP contribution is 2.28. The molecule has 0 atom stereocenters. The molecule has 2 heterocycles. The van der Waals surface area contributed by atoms with Gasteiger partial charge >= 0.3 is 0 Å². The number of nitrogens with one attached hydrogen (secondary N) is 1. The Bertz CT molecular complexity index is 1080. The Balaban J connectivity index is 1.47. The summed E-state index contributed by atoms with van der Waals surface area (Å²) in [6.07, 6.45) is 1.50. The van der Waals surface area contributed by atoms with Gasteiger partial charge in [0.1, 0.15) is 0 Å². The second kappa shape index (κ2) is 7.62. The molecule has 1 aromatic heterocycles. The van der Waals surface area contributed by atoms with Crippen molar-refractivity contribution in [3.63, 3.8) is 0 Å². The van der Waals surface area contributed by atoms with Crippen molar-refractivity contribution in [3.05, 3.63) is 65.0 Å². The van der Waals surface area contributed by atoms with Crippen LogP contribution in [0.2, 0.25) is 0 Å². The number of anilines is 2. The minimum absolute atomic E-state index is 0.159. The molecule has 6 nitrogen and oxygen atoms in total. The third-order valence-electron chi connectivity index (χ3n) is 4.53. The maximum Gasteiger partial charge on any atom is 0.257 e. The predicted octanol–water partition coefficient (Wildman–Crippen LogP) is 4.06. The molecule has 1 N–H and O–H groups in total. The zero-order valence-corrected chi connectivity index (χ0v) is 15.7. The lowest BCUT2D eigenvalue weighted by Gasteiger charge is -2.15. The summed E-state index contributed by atoms with van der Waals surface area (Å²) in [4.78, 5) is 30.5. The molecule has 4 rings (SSSR count). The summed E-state index contributed by atoms with van der Waals surface area (Å²) in [7, 11) is 0. The van der Waals surface area contributed by atoms with E-state index < -0.39 is 0 Å². The zero-order valence-electron chi connectivity index (χ0n) is 14.9. The van der Waals surface area contributed by atoms with Crippen LogP contribution in [0.5, 0.6) is 0 Å². The number of hydrogen-bond acceptors (Lipinski definition) is 5. The van der Waals surface area contributed by atoms with Crippen LogP contribution in [0.4, 0.5) is 10.8 Å². The second-order valence-electron chi connectivity index (χ2n) is 6.38. The van der Waals surface area contributed by atoms with Crippen LogP contribution in [0.15, 0.2) is 53.9 Å². The fourth-order valence-electron chi connectivity index (χ4n) is 3.10. The van der Waals surface area contributed by atoms with Crippen molar-refractivity contribution in [1.82, 2.24) is 4.98 Å². The first-order valence-corrected chi connectivity index (χ1v) is 9.70. The molecule has 3 aromatic rings. The summed E-state index contributed by atoms with van der Waals surface area (Å²) in [6, 6.07) is 16.2. The lowest BCUT2D eigenvalue weighted by molar-refractivity contribution is -0.117. The van der Waals surface area contributed by atoms with Gasteiger partial charge in [-0.3, -0.25) is 14.9 Å². The zero-order chi connectivity index (χ0) is 19.5. The summed E-state index contributed by atoms with van der Waals surface area (Å²) < 4.78 is 0. The highest BCUT2D eigenvalue weighted by Gasteiger charge is 2.21. The molecule has 0 spiro atoms. The summed E-state index contributed by atoms with van der Waals surface area (Å²) >= 11 is 1.33. The maximum absolute atomic E-state index is 12.4. The number of aromatic nitrogens is 1. The van der Waals surface area contributed by atoms with Crippen molar-refractivity contribution in [2.45, 2.75) is 12.8 Å². The third-order valence-corrected chi connectivity index (χ3v) is 5.28. The molecule has 0 saturated carbocycles. The van der Waals surface area contributed by atoms with Gasteiger partial charge in [0.2, 0.25) is 5.91 Å². The quantitative estimate of drug-likeness (QED) is 0.730. The van der Waals surface area contributed by atoms with Gasteiger partial charge < -0.3 is 4.90 Å². The normalized spacial score (nSPS) is 13.4. The maximum atomic E-state index is 12.4. The number of rotatable bonds is 4. The molecule has 1 aliphatic heterocycles. The van der Waals surface area contributed by atoms with Gasteiger partial charge in [0, 0.05) is 35.2 Å². The summed E-state index contributed by atoms with van der Waals surface area (Å²) in [5.41, 5.74) is 3.41. The Morgan fingerprint density at radius 2 is 2.04 bits per heavy atom. The molecule has 1 aliphatic rings. The van der Waals surface area contributed by atoms with Crippen molar-refractivity contribution in [2.75, 3.05) is 16.8 Å². The van der Waals surface area contributed by atoms with E-state index in [4.69, 9.17) is 5.26 Å². The molecule has 1 saturated heterocycles. The van der Waals surface area contributed by atoms with Gasteiger partial charge in [0.15, 0.2) is 5.13 Å². The highest BCUT2D eigenvalue weighted by atomic mass is 32.1. The molecule has 138 valence electrons. The molecule has 7 heteroatoms. The number of hydrogen-bond donors (Lipinski definition) is 1. The van der Waals surface area contributed by atoms with Crippen molar-refractivity contribution < 1.29 is 9.59 Å². The van der Waals surface area contributed by atoms with Gasteiger partial charge in [-0.05, 0) is 36.8 Å². The summed E-state index contributed by atoms with van der Waals surface area (Å²) in [5.74, 6) is -0.146. The van der Waals surface area contributed by atoms with E-state index in [9.17, 15) is 9.59 Å². The first-order chi connectivity index (χ1) is 13.6. The van der Waals surface area contributed by atoms with Crippen LogP contribution in [0.1, 0.15) is 28.8 Å². The van der Waals surface area contributed by atoms with Crippen molar-refractivity contribution in [1.29, 1.82) is 5.26 Å². The first kappa shape index (κ1) is 17.9. The molecule has 0 radical (unpaired) electrons. The minimum atomic E-state index is -0.305. The van der Waals surface area contributed by atoms with Gasteiger partial charge in [0.25, 0.3) is 5.91 Å². The van der Waals surface area contributed by atoms with Gasteiger partial charge in [-0.2, -0.15) is 5.26 Å². The smallest absolute Gasteiger partial charge is 0.257 e. The second-order valence-corrected chi connectivity index (χ2v) is 7.24. The van der Waals surface area contributed by atoms with Crippen LogP contribution in [0.3, 0.4) is 0 Å². The van der Waals surface area contributed by atoms with E-state index in [0.29, 0.717) is 22.7 Å². The number of thiazole rings is 1. The van der Waals surface area contributed by atoms with E-state index in [1.807, 2.05) is 35.7 Å². The summed E-state index contributed by atoms with van der Waals surface area (Å²) in [5, 5.41) is 14.1. The van der Waals surface area contributed by atoms with Gasteiger partial charge in [-0.15, -0.1) is 11.3 Å². The molecule has 0 unspecified atom stereocenters. The molecular formula is C21H16N4O2S. The molecule has 0 bridgehead atoms. The number of carbonyl (C=O) groups excluding carboxylic acids is 2.